The number of ether oxygens (including phenoxy) is 1. The van der Waals surface area contributed by atoms with Gasteiger partial charge in [-0.05, 0) is 31.0 Å². The van der Waals surface area contributed by atoms with E-state index in [1.807, 2.05) is 13.8 Å². The normalized spacial score (nSPS) is 17.6. The predicted octanol–water partition coefficient (Wildman–Crippen LogP) is 1.74. The average Bonchev–Trinajstić information content (AvgIpc) is 2.48. The first-order chi connectivity index (χ1) is 9.62. The molecule has 1 unspecified atom stereocenters. The average molecular weight is 276 g/mol. The van der Waals surface area contributed by atoms with Crippen molar-refractivity contribution in [1.29, 1.82) is 0 Å². The third-order valence-corrected chi connectivity index (χ3v) is 3.39. The number of ketones is 1. The zero-order valence-corrected chi connectivity index (χ0v) is 11.9. The van der Waals surface area contributed by atoms with Crippen molar-refractivity contribution in [1.82, 2.24) is 0 Å². The fourth-order valence-corrected chi connectivity index (χ4v) is 2.33. The first kappa shape index (κ1) is 14.5. The van der Waals surface area contributed by atoms with Gasteiger partial charge in [-0.2, -0.15) is 0 Å². The summed E-state index contributed by atoms with van der Waals surface area (Å²) in [4.78, 5) is 25.8. The van der Waals surface area contributed by atoms with Crippen LogP contribution in [-0.2, 0) is 4.79 Å². The van der Waals surface area contributed by atoms with Crippen LogP contribution in [0.2, 0.25) is 0 Å². The lowest BCUT2D eigenvalue weighted by Crippen LogP contribution is -2.46. The Morgan fingerprint density at radius 1 is 1.40 bits per heavy atom. The number of carbonyl (C=O) groups is 2. The topological polar surface area (TPSA) is 72.6 Å². The van der Waals surface area contributed by atoms with Crippen LogP contribution in [0.25, 0.3) is 0 Å². The molecule has 0 aliphatic carbocycles. The fourth-order valence-electron chi connectivity index (χ4n) is 2.33. The van der Waals surface area contributed by atoms with Crippen molar-refractivity contribution in [2.24, 2.45) is 5.73 Å². The monoisotopic (exact) mass is 276 g/mol. The van der Waals surface area contributed by atoms with Gasteiger partial charge in [0.1, 0.15) is 5.75 Å². The third kappa shape index (κ3) is 2.54. The largest absolute Gasteiger partial charge is 0.478 e. The van der Waals surface area contributed by atoms with Crippen molar-refractivity contribution < 1.29 is 14.3 Å². The van der Waals surface area contributed by atoms with Crippen LogP contribution in [0.5, 0.6) is 5.75 Å². The molecule has 1 atom stereocenters. The fraction of sp³-hybridized carbons (Fsp3) is 0.467. The maximum atomic E-state index is 12.4. The summed E-state index contributed by atoms with van der Waals surface area (Å²) in [5.41, 5.74) is 6.56. The van der Waals surface area contributed by atoms with Crippen molar-refractivity contribution >= 4 is 17.4 Å². The molecule has 20 heavy (non-hydrogen) atoms. The Bertz CT molecular complexity index is 528. The molecule has 0 saturated heterocycles. The van der Waals surface area contributed by atoms with Crippen molar-refractivity contribution in [3.63, 3.8) is 0 Å². The van der Waals surface area contributed by atoms with E-state index in [1.165, 1.54) is 0 Å². The summed E-state index contributed by atoms with van der Waals surface area (Å²) in [5, 5.41) is 0. The molecule has 1 aliphatic rings. The lowest BCUT2D eigenvalue weighted by atomic mass is 10.1. The van der Waals surface area contributed by atoms with Crippen LogP contribution in [0.15, 0.2) is 18.2 Å². The highest BCUT2D eigenvalue weighted by Gasteiger charge is 2.33. The molecule has 1 heterocycles. The van der Waals surface area contributed by atoms with Crippen LogP contribution in [0, 0.1) is 0 Å². The lowest BCUT2D eigenvalue weighted by molar-refractivity contribution is -0.126. The molecule has 1 aromatic carbocycles. The molecule has 0 saturated carbocycles. The van der Waals surface area contributed by atoms with Gasteiger partial charge < -0.3 is 15.4 Å². The van der Waals surface area contributed by atoms with Crippen molar-refractivity contribution in [2.45, 2.75) is 32.8 Å². The Labute approximate surface area is 118 Å². The minimum atomic E-state index is -0.440. The summed E-state index contributed by atoms with van der Waals surface area (Å²) in [5.74, 6) is 0.465. The number of anilines is 1. The summed E-state index contributed by atoms with van der Waals surface area (Å²) in [7, 11) is 0. The molecule has 1 aliphatic heterocycles. The Morgan fingerprint density at radius 2 is 2.15 bits per heavy atom. The van der Waals surface area contributed by atoms with Crippen molar-refractivity contribution in [3.8, 4) is 5.75 Å². The molecule has 108 valence electrons. The summed E-state index contributed by atoms with van der Waals surface area (Å²) in [6, 6.07) is 5.14. The molecular weight excluding hydrogens is 256 g/mol. The van der Waals surface area contributed by atoms with Gasteiger partial charge in [-0.25, -0.2) is 0 Å². The summed E-state index contributed by atoms with van der Waals surface area (Å²) >= 11 is 0. The van der Waals surface area contributed by atoms with Crippen LogP contribution < -0.4 is 15.4 Å². The summed E-state index contributed by atoms with van der Waals surface area (Å²) in [6.45, 7) is 4.51. The Kier molecular flexibility index (Phi) is 4.39. The zero-order chi connectivity index (χ0) is 14.7. The van der Waals surface area contributed by atoms with Crippen molar-refractivity contribution in [3.05, 3.63) is 23.8 Å². The van der Waals surface area contributed by atoms with E-state index in [9.17, 15) is 9.59 Å². The van der Waals surface area contributed by atoms with Crippen molar-refractivity contribution in [2.75, 3.05) is 18.0 Å². The van der Waals surface area contributed by atoms with E-state index >= 15 is 0 Å². The molecule has 5 nitrogen and oxygen atoms in total. The SMILES string of the molecule is CCCN1C(=O)C(CC)Oc2ccc(C(=O)CN)cc21. The second-order valence-corrected chi connectivity index (χ2v) is 4.81. The van der Waals surface area contributed by atoms with Gasteiger partial charge in [0, 0.05) is 12.1 Å². The molecule has 0 aromatic heterocycles. The number of nitrogens with two attached hydrogens (primary N) is 1. The number of benzene rings is 1. The van der Waals surface area contributed by atoms with Gasteiger partial charge in [-0.15, -0.1) is 0 Å². The summed E-state index contributed by atoms with van der Waals surface area (Å²) in [6.07, 6.45) is 1.03. The number of rotatable bonds is 5. The van der Waals surface area contributed by atoms with E-state index in [1.54, 1.807) is 23.1 Å². The highest BCUT2D eigenvalue weighted by Crippen LogP contribution is 2.35. The van der Waals surface area contributed by atoms with E-state index in [0.717, 1.165) is 6.42 Å². The van der Waals surface area contributed by atoms with Crippen LogP contribution in [0.1, 0.15) is 37.0 Å². The van der Waals surface area contributed by atoms with Gasteiger partial charge in [0.25, 0.3) is 5.91 Å². The van der Waals surface area contributed by atoms with E-state index in [2.05, 4.69) is 0 Å². The van der Waals surface area contributed by atoms with Crippen LogP contribution in [0.4, 0.5) is 5.69 Å². The van der Waals surface area contributed by atoms with Crippen LogP contribution >= 0.6 is 0 Å². The van der Waals surface area contributed by atoms with E-state index < -0.39 is 6.10 Å². The highest BCUT2D eigenvalue weighted by molar-refractivity contribution is 6.03. The first-order valence-corrected chi connectivity index (χ1v) is 6.97. The minimum absolute atomic E-state index is 0.0424. The number of hydrogen-bond donors (Lipinski definition) is 1. The Balaban J connectivity index is 2.44. The zero-order valence-electron chi connectivity index (χ0n) is 11.9. The maximum absolute atomic E-state index is 12.4. The number of nitrogens with zero attached hydrogens (tertiary/aromatic N) is 1. The number of carbonyl (C=O) groups excluding carboxylic acids is 2. The second kappa shape index (κ2) is 6.05. The summed E-state index contributed by atoms with van der Waals surface area (Å²) < 4.78 is 5.70. The van der Waals surface area contributed by atoms with Gasteiger partial charge in [0.15, 0.2) is 11.9 Å². The molecule has 2 N–H and O–H groups in total. The third-order valence-electron chi connectivity index (χ3n) is 3.39. The molecule has 5 heteroatoms. The molecule has 0 radical (unpaired) electrons. The predicted molar refractivity (Wildman–Crippen MR) is 77.2 cm³/mol. The van der Waals surface area contributed by atoms with Gasteiger partial charge in [-0.3, -0.25) is 9.59 Å². The molecular formula is C15H20N2O3. The maximum Gasteiger partial charge on any atom is 0.268 e. The molecule has 0 fully saturated rings. The minimum Gasteiger partial charge on any atom is -0.478 e. The molecule has 2 rings (SSSR count). The molecule has 0 spiro atoms. The standard InChI is InChI=1S/C15H20N2O3/c1-3-7-17-11-8-10(12(18)9-16)5-6-14(11)20-13(4-2)15(17)19/h5-6,8,13H,3-4,7,9,16H2,1-2H3. The van der Waals surface area contributed by atoms with Gasteiger partial charge in [-0.1, -0.05) is 13.8 Å². The first-order valence-electron chi connectivity index (χ1n) is 6.97. The quantitative estimate of drug-likeness (QED) is 0.831. The molecule has 0 bridgehead atoms. The highest BCUT2D eigenvalue weighted by atomic mass is 16.5. The Morgan fingerprint density at radius 3 is 2.75 bits per heavy atom. The van der Waals surface area contributed by atoms with E-state index in [4.69, 9.17) is 10.5 Å². The Hall–Kier alpha value is -1.88. The number of Topliss-reactive ketones (excluding diaryl/α,β-unsaturated/α-hetero) is 1. The van der Waals surface area contributed by atoms with Gasteiger partial charge >= 0.3 is 0 Å². The molecule has 1 aromatic rings. The van der Waals surface area contributed by atoms with E-state index in [0.29, 0.717) is 30.0 Å². The second-order valence-electron chi connectivity index (χ2n) is 4.81. The van der Waals surface area contributed by atoms with E-state index in [-0.39, 0.29) is 18.2 Å². The number of hydrogen-bond acceptors (Lipinski definition) is 4. The lowest BCUT2D eigenvalue weighted by Gasteiger charge is -2.34. The smallest absolute Gasteiger partial charge is 0.268 e. The molecule has 1 amide bonds. The van der Waals surface area contributed by atoms with Gasteiger partial charge in [0.05, 0.1) is 12.2 Å². The number of amides is 1. The number of fused-ring (bicyclic) bond motifs is 1. The van der Waals surface area contributed by atoms with Crippen LogP contribution in [0.3, 0.4) is 0 Å². The van der Waals surface area contributed by atoms with Gasteiger partial charge in [0.2, 0.25) is 0 Å². The van der Waals surface area contributed by atoms with Crippen LogP contribution in [-0.4, -0.2) is 30.9 Å².